The summed E-state index contributed by atoms with van der Waals surface area (Å²) >= 11 is 0. The van der Waals surface area contributed by atoms with Gasteiger partial charge in [-0.05, 0) is 26.8 Å². The molecule has 3 heterocycles. The molecule has 0 saturated carbocycles. The van der Waals surface area contributed by atoms with Gasteiger partial charge in [0.2, 0.25) is 0 Å². The van der Waals surface area contributed by atoms with Crippen molar-refractivity contribution in [3.8, 4) is 11.3 Å². The molecule has 0 aliphatic carbocycles. The molecule has 6 heteroatoms. The lowest BCUT2D eigenvalue weighted by Crippen LogP contribution is -2.14. The molecule has 144 valence electrons. The van der Waals surface area contributed by atoms with Gasteiger partial charge >= 0.3 is 0 Å². The van der Waals surface area contributed by atoms with E-state index in [1.54, 1.807) is 0 Å². The molecule has 0 bridgehead atoms. The molecule has 0 aliphatic heterocycles. The SMILES string of the molecule is Cc1nn(C)c(C)c1[C@H](C)n1cnc(-c2ccccc2)c1CCn1cccn1. The van der Waals surface area contributed by atoms with E-state index >= 15 is 0 Å². The highest BCUT2D eigenvalue weighted by atomic mass is 15.3. The molecule has 0 amide bonds. The van der Waals surface area contributed by atoms with Gasteiger partial charge in [-0.2, -0.15) is 10.2 Å². The Morgan fingerprint density at radius 2 is 1.86 bits per heavy atom. The fourth-order valence-corrected chi connectivity index (χ4v) is 3.99. The molecule has 4 rings (SSSR count). The van der Waals surface area contributed by atoms with E-state index in [9.17, 15) is 0 Å². The van der Waals surface area contributed by atoms with Crippen LogP contribution in [0.5, 0.6) is 0 Å². The van der Waals surface area contributed by atoms with Crippen molar-refractivity contribution in [2.24, 2.45) is 7.05 Å². The summed E-state index contributed by atoms with van der Waals surface area (Å²) in [4.78, 5) is 4.81. The maximum absolute atomic E-state index is 4.81. The lowest BCUT2D eigenvalue weighted by atomic mass is 10.0. The summed E-state index contributed by atoms with van der Waals surface area (Å²) in [6.45, 7) is 7.25. The minimum Gasteiger partial charge on any atom is -0.327 e. The first-order valence-electron chi connectivity index (χ1n) is 9.65. The standard InChI is InChI=1S/C22H26N6/c1-16-21(17(2)26(4)25-16)18(3)28-15-23-22(19-9-6-5-7-10-19)20(28)11-14-27-13-8-12-24-27/h5-10,12-13,15,18H,11,14H2,1-4H3/t18-/m0/s1. The molecular weight excluding hydrogens is 348 g/mol. The average molecular weight is 374 g/mol. The summed E-state index contributed by atoms with van der Waals surface area (Å²) in [5, 5.41) is 8.96. The Labute approximate surface area is 165 Å². The van der Waals surface area contributed by atoms with Crippen LogP contribution in [0.25, 0.3) is 11.3 Å². The first-order valence-corrected chi connectivity index (χ1v) is 9.65. The van der Waals surface area contributed by atoms with Gasteiger partial charge in [0, 0.05) is 54.9 Å². The van der Waals surface area contributed by atoms with Gasteiger partial charge < -0.3 is 4.57 Å². The van der Waals surface area contributed by atoms with Crippen molar-refractivity contribution in [1.82, 2.24) is 29.1 Å². The number of imidazole rings is 1. The smallest absolute Gasteiger partial charge is 0.0961 e. The van der Waals surface area contributed by atoms with Crippen LogP contribution in [0.1, 0.15) is 35.6 Å². The van der Waals surface area contributed by atoms with E-state index in [2.05, 4.69) is 59.8 Å². The second-order valence-electron chi connectivity index (χ2n) is 7.22. The van der Waals surface area contributed by atoms with E-state index in [4.69, 9.17) is 4.98 Å². The van der Waals surface area contributed by atoms with Gasteiger partial charge in [-0.25, -0.2) is 4.98 Å². The molecule has 4 aromatic rings. The highest BCUT2D eigenvalue weighted by molar-refractivity contribution is 5.62. The molecule has 1 aromatic carbocycles. The zero-order valence-electron chi connectivity index (χ0n) is 16.9. The van der Waals surface area contributed by atoms with Crippen LogP contribution in [0.4, 0.5) is 0 Å². The summed E-state index contributed by atoms with van der Waals surface area (Å²) in [5.41, 5.74) is 6.93. The molecule has 0 spiro atoms. The lowest BCUT2D eigenvalue weighted by Gasteiger charge is -2.19. The van der Waals surface area contributed by atoms with Crippen LogP contribution in [0.2, 0.25) is 0 Å². The van der Waals surface area contributed by atoms with Crippen molar-refractivity contribution in [2.75, 3.05) is 0 Å². The van der Waals surface area contributed by atoms with Gasteiger partial charge in [-0.1, -0.05) is 30.3 Å². The van der Waals surface area contributed by atoms with Crippen LogP contribution >= 0.6 is 0 Å². The zero-order chi connectivity index (χ0) is 19.7. The van der Waals surface area contributed by atoms with Gasteiger partial charge in [-0.3, -0.25) is 9.36 Å². The molecule has 0 N–H and O–H groups in total. The Morgan fingerprint density at radius 3 is 2.50 bits per heavy atom. The number of aromatic nitrogens is 6. The van der Waals surface area contributed by atoms with E-state index < -0.39 is 0 Å². The molecule has 3 aromatic heterocycles. The Kier molecular flexibility index (Phi) is 4.86. The first kappa shape index (κ1) is 18.2. The Bertz CT molecular complexity index is 1060. The highest BCUT2D eigenvalue weighted by Crippen LogP contribution is 2.30. The lowest BCUT2D eigenvalue weighted by molar-refractivity contribution is 0.557. The summed E-state index contributed by atoms with van der Waals surface area (Å²) in [6, 6.07) is 12.5. The molecular formula is C22H26N6. The quantitative estimate of drug-likeness (QED) is 0.513. The minimum atomic E-state index is 0.159. The Balaban J connectivity index is 1.77. The third-order valence-corrected chi connectivity index (χ3v) is 5.48. The van der Waals surface area contributed by atoms with Crippen LogP contribution in [0.15, 0.2) is 55.1 Å². The van der Waals surface area contributed by atoms with Crippen LogP contribution < -0.4 is 0 Å². The van der Waals surface area contributed by atoms with Crippen molar-refractivity contribution < 1.29 is 0 Å². The van der Waals surface area contributed by atoms with Crippen molar-refractivity contribution >= 4 is 0 Å². The van der Waals surface area contributed by atoms with E-state index in [-0.39, 0.29) is 6.04 Å². The Hall–Kier alpha value is -3.15. The van der Waals surface area contributed by atoms with Crippen LogP contribution in [0, 0.1) is 13.8 Å². The number of benzene rings is 1. The predicted octanol–water partition coefficient (Wildman–Crippen LogP) is 3.95. The van der Waals surface area contributed by atoms with E-state index in [1.807, 2.05) is 47.3 Å². The minimum absolute atomic E-state index is 0.159. The molecule has 0 radical (unpaired) electrons. The van der Waals surface area contributed by atoms with Crippen molar-refractivity contribution in [2.45, 2.75) is 39.8 Å². The van der Waals surface area contributed by atoms with E-state index in [0.717, 1.165) is 29.9 Å². The third-order valence-electron chi connectivity index (χ3n) is 5.48. The number of aryl methyl sites for hydroxylation is 3. The van der Waals surface area contributed by atoms with Crippen LogP contribution in [-0.2, 0) is 20.0 Å². The molecule has 0 fully saturated rings. The van der Waals surface area contributed by atoms with Gasteiger partial charge in [0.15, 0.2) is 0 Å². The van der Waals surface area contributed by atoms with Crippen molar-refractivity contribution in [1.29, 1.82) is 0 Å². The summed E-state index contributed by atoms with van der Waals surface area (Å²) in [7, 11) is 2.00. The normalized spacial score (nSPS) is 12.4. The maximum Gasteiger partial charge on any atom is 0.0961 e. The largest absolute Gasteiger partial charge is 0.327 e. The Morgan fingerprint density at radius 1 is 1.07 bits per heavy atom. The topological polar surface area (TPSA) is 53.5 Å². The number of hydrogen-bond donors (Lipinski definition) is 0. The molecule has 28 heavy (non-hydrogen) atoms. The maximum atomic E-state index is 4.81. The molecule has 6 nitrogen and oxygen atoms in total. The summed E-state index contributed by atoms with van der Waals surface area (Å²) in [6.07, 6.45) is 6.65. The summed E-state index contributed by atoms with van der Waals surface area (Å²) < 4.78 is 6.22. The predicted molar refractivity (Wildman–Crippen MR) is 110 cm³/mol. The molecule has 0 unspecified atom stereocenters. The monoisotopic (exact) mass is 374 g/mol. The fraction of sp³-hybridized carbons (Fsp3) is 0.318. The van der Waals surface area contributed by atoms with Crippen molar-refractivity contribution in [3.63, 3.8) is 0 Å². The van der Waals surface area contributed by atoms with Gasteiger partial charge in [0.1, 0.15) is 0 Å². The second-order valence-corrected chi connectivity index (χ2v) is 7.22. The first-order chi connectivity index (χ1) is 13.6. The van der Waals surface area contributed by atoms with Crippen LogP contribution in [0.3, 0.4) is 0 Å². The number of hydrogen-bond acceptors (Lipinski definition) is 3. The van der Waals surface area contributed by atoms with E-state index in [1.165, 1.54) is 17.0 Å². The second kappa shape index (κ2) is 7.46. The molecule has 0 aliphatic rings. The van der Waals surface area contributed by atoms with Gasteiger partial charge in [0.05, 0.1) is 23.8 Å². The van der Waals surface area contributed by atoms with Crippen LogP contribution in [-0.4, -0.2) is 29.1 Å². The van der Waals surface area contributed by atoms with E-state index in [0.29, 0.717) is 0 Å². The summed E-state index contributed by atoms with van der Waals surface area (Å²) in [5.74, 6) is 0. The number of nitrogens with zero attached hydrogens (tertiary/aromatic N) is 6. The number of rotatable bonds is 6. The third kappa shape index (κ3) is 3.26. The average Bonchev–Trinajstić information content (AvgIpc) is 3.41. The zero-order valence-corrected chi connectivity index (χ0v) is 16.9. The van der Waals surface area contributed by atoms with Gasteiger partial charge in [0.25, 0.3) is 0 Å². The molecule has 0 saturated heterocycles. The highest BCUT2D eigenvalue weighted by Gasteiger charge is 2.22. The van der Waals surface area contributed by atoms with Gasteiger partial charge in [-0.15, -0.1) is 0 Å². The fourth-order valence-electron chi connectivity index (χ4n) is 3.99. The van der Waals surface area contributed by atoms with Crippen molar-refractivity contribution in [3.05, 3.63) is 77.8 Å². The molecule has 1 atom stereocenters.